The molecule has 1 aromatic rings. The zero-order valence-electron chi connectivity index (χ0n) is 15.8. The number of benzene rings is 1. The van der Waals surface area contributed by atoms with Crippen LogP contribution in [0.5, 0.6) is 5.75 Å². The first-order chi connectivity index (χ1) is 11.9. The minimum Gasteiger partial charge on any atom is -0.497 e. The molecule has 5 heteroatoms. The number of likely N-dealkylation sites (tertiary alicyclic amines) is 2. The molecule has 0 aromatic heterocycles. The standard InChI is InChI=1S/C20H30N2O3/c1-20(2,3)25-19(23)22-12-10-16-9-11-21(14-18(16)22)13-15-5-7-17(24-4)8-6-15/h5-8,16,18H,9-14H2,1-4H3/t16-,18+/m1/s1. The number of hydrogen-bond acceptors (Lipinski definition) is 4. The zero-order valence-corrected chi connectivity index (χ0v) is 15.8. The van der Waals surface area contributed by atoms with Crippen molar-refractivity contribution in [2.75, 3.05) is 26.7 Å². The van der Waals surface area contributed by atoms with E-state index in [-0.39, 0.29) is 12.1 Å². The first-order valence-electron chi connectivity index (χ1n) is 9.20. The normalized spacial score (nSPS) is 24.1. The van der Waals surface area contributed by atoms with Gasteiger partial charge in [-0.3, -0.25) is 4.90 Å². The lowest BCUT2D eigenvalue weighted by Gasteiger charge is -2.38. The Kier molecular flexibility index (Phi) is 5.23. The molecule has 2 atom stereocenters. The van der Waals surface area contributed by atoms with Gasteiger partial charge in [-0.05, 0) is 63.8 Å². The van der Waals surface area contributed by atoms with Crippen molar-refractivity contribution in [2.45, 2.75) is 51.8 Å². The van der Waals surface area contributed by atoms with Crippen LogP contribution in [0.25, 0.3) is 0 Å². The SMILES string of the molecule is COc1ccc(CN2CC[C@@H]3CCN(C(=O)OC(C)(C)C)[C@H]3C2)cc1. The second kappa shape index (κ2) is 7.24. The van der Waals surface area contributed by atoms with E-state index in [1.807, 2.05) is 37.8 Å². The molecule has 0 unspecified atom stereocenters. The molecule has 138 valence electrons. The van der Waals surface area contributed by atoms with E-state index in [4.69, 9.17) is 9.47 Å². The molecule has 0 radical (unpaired) electrons. The summed E-state index contributed by atoms with van der Waals surface area (Å²) in [6.07, 6.45) is 2.09. The third-order valence-corrected chi connectivity index (χ3v) is 5.14. The number of methoxy groups -OCH3 is 1. The molecular weight excluding hydrogens is 316 g/mol. The van der Waals surface area contributed by atoms with Crippen molar-refractivity contribution in [3.05, 3.63) is 29.8 Å². The molecule has 5 nitrogen and oxygen atoms in total. The molecule has 1 aromatic carbocycles. The number of piperidine rings is 1. The molecule has 0 saturated carbocycles. The van der Waals surface area contributed by atoms with Gasteiger partial charge in [-0.2, -0.15) is 0 Å². The molecule has 1 amide bonds. The monoisotopic (exact) mass is 346 g/mol. The summed E-state index contributed by atoms with van der Waals surface area (Å²) in [5, 5.41) is 0. The largest absolute Gasteiger partial charge is 0.497 e. The predicted octanol–water partition coefficient (Wildman–Crippen LogP) is 3.53. The summed E-state index contributed by atoms with van der Waals surface area (Å²) in [4.78, 5) is 16.9. The second-order valence-corrected chi connectivity index (χ2v) is 8.16. The summed E-state index contributed by atoms with van der Waals surface area (Å²) < 4.78 is 10.8. The van der Waals surface area contributed by atoms with Gasteiger partial charge in [0.05, 0.1) is 13.2 Å². The van der Waals surface area contributed by atoms with Crippen molar-refractivity contribution in [1.82, 2.24) is 9.80 Å². The first-order valence-corrected chi connectivity index (χ1v) is 9.20. The fourth-order valence-corrected chi connectivity index (χ4v) is 3.89. The van der Waals surface area contributed by atoms with Gasteiger partial charge in [-0.15, -0.1) is 0 Å². The van der Waals surface area contributed by atoms with Gasteiger partial charge in [0.2, 0.25) is 0 Å². The van der Waals surface area contributed by atoms with E-state index in [2.05, 4.69) is 17.0 Å². The van der Waals surface area contributed by atoms with Crippen molar-refractivity contribution in [1.29, 1.82) is 0 Å². The average Bonchev–Trinajstić information content (AvgIpc) is 2.97. The van der Waals surface area contributed by atoms with Crippen LogP contribution in [0.3, 0.4) is 0 Å². The molecular formula is C20H30N2O3. The van der Waals surface area contributed by atoms with Crippen molar-refractivity contribution in [3.63, 3.8) is 0 Å². The number of amides is 1. The summed E-state index contributed by atoms with van der Waals surface area (Å²) in [5.41, 5.74) is 0.841. The Bertz CT molecular complexity index is 594. The Morgan fingerprint density at radius 1 is 1.16 bits per heavy atom. The van der Waals surface area contributed by atoms with E-state index in [0.29, 0.717) is 5.92 Å². The summed E-state index contributed by atoms with van der Waals surface area (Å²) in [6.45, 7) is 9.53. The maximum Gasteiger partial charge on any atom is 0.410 e. The van der Waals surface area contributed by atoms with Crippen LogP contribution in [0.1, 0.15) is 39.2 Å². The average molecular weight is 346 g/mol. The van der Waals surface area contributed by atoms with E-state index in [0.717, 1.165) is 44.8 Å². The van der Waals surface area contributed by atoms with E-state index in [1.165, 1.54) is 5.56 Å². The minimum absolute atomic E-state index is 0.161. The summed E-state index contributed by atoms with van der Waals surface area (Å²) in [5.74, 6) is 1.49. The van der Waals surface area contributed by atoms with Crippen LogP contribution < -0.4 is 4.74 Å². The number of nitrogens with zero attached hydrogens (tertiary/aromatic N) is 2. The highest BCUT2D eigenvalue weighted by molar-refractivity contribution is 5.69. The number of rotatable bonds is 3. The molecule has 2 aliphatic rings. The fraction of sp³-hybridized carbons (Fsp3) is 0.650. The highest BCUT2D eigenvalue weighted by atomic mass is 16.6. The van der Waals surface area contributed by atoms with E-state index < -0.39 is 5.60 Å². The zero-order chi connectivity index (χ0) is 18.0. The van der Waals surface area contributed by atoms with Crippen molar-refractivity contribution in [3.8, 4) is 5.75 Å². The van der Waals surface area contributed by atoms with Gasteiger partial charge in [0.25, 0.3) is 0 Å². The quantitative estimate of drug-likeness (QED) is 0.840. The fourth-order valence-electron chi connectivity index (χ4n) is 3.89. The van der Waals surface area contributed by atoms with Gasteiger partial charge in [-0.25, -0.2) is 4.79 Å². The maximum absolute atomic E-state index is 12.5. The van der Waals surface area contributed by atoms with Crippen LogP contribution in [0.2, 0.25) is 0 Å². The molecule has 2 saturated heterocycles. The number of carbonyl (C=O) groups excluding carboxylic acids is 1. The molecule has 0 aliphatic carbocycles. The molecule has 2 heterocycles. The van der Waals surface area contributed by atoms with Crippen molar-refractivity contribution >= 4 is 6.09 Å². The lowest BCUT2D eigenvalue weighted by atomic mass is 9.92. The van der Waals surface area contributed by atoms with E-state index >= 15 is 0 Å². The molecule has 2 fully saturated rings. The van der Waals surface area contributed by atoms with Crippen molar-refractivity contribution in [2.24, 2.45) is 5.92 Å². The number of hydrogen-bond donors (Lipinski definition) is 0. The smallest absolute Gasteiger partial charge is 0.410 e. The van der Waals surface area contributed by atoms with Gasteiger partial charge >= 0.3 is 6.09 Å². The maximum atomic E-state index is 12.5. The van der Waals surface area contributed by atoms with Crippen LogP contribution in [-0.4, -0.2) is 54.3 Å². The summed E-state index contributed by atoms with van der Waals surface area (Å²) in [7, 11) is 1.69. The second-order valence-electron chi connectivity index (χ2n) is 8.16. The van der Waals surface area contributed by atoms with Crippen LogP contribution >= 0.6 is 0 Å². The Labute approximate surface area is 150 Å². The number of fused-ring (bicyclic) bond motifs is 1. The Balaban J connectivity index is 1.61. The highest BCUT2D eigenvalue weighted by Gasteiger charge is 2.41. The topological polar surface area (TPSA) is 42.0 Å². The highest BCUT2D eigenvalue weighted by Crippen LogP contribution is 2.33. The predicted molar refractivity (Wildman–Crippen MR) is 97.7 cm³/mol. The molecule has 0 spiro atoms. The van der Waals surface area contributed by atoms with Gasteiger partial charge in [0, 0.05) is 19.6 Å². The van der Waals surface area contributed by atoms with Gasteiger partial charge in [0.1, 0.15) is 11.4 Å². The Morgan fingerprint density at radius 2 is 1.84 bits per heavy atom. The third kappa shape index (κ3) is 4.46. The third-order valence-electron chi connectivity index (χ3n) is 5.14. The minimum atomic E-state index is -0.438. The van der Waals surface area contributed by atoms with Gasteiger partial charge in [-0.1, -0.05) is 12.1 Å². The summed E-state index contributed by atoms with van der Waals surface area (Å²) >= 11 is 0. The van der Waals surface area contributed by atoms with Crippen LogP contribution in [-0.2, 0) is 11.3 Å². The Hall–Kier alpha value is -1.75. The lowest BCUT2D eigenvalue weighted by molar-refractivity contribution is 0.0120. The van der Waals surface area contributed by atoms with Crippen LogP contribution in [0, 0.1) is 5.92 Å². The van der Waals surface area contributed by atoms with Crippen LogP contribution in [0.4, 0.5) is 4.79 Å². The van der Waals surface area contributed by atoms with Gasteiger partial charge < -0.3 is 14.4 Å². The van der Waals surface area contributed by atoms with Crippen LogP contribution in [0.15, 0.2) is 24.3 Å². The molecule has 3 rings (SSSR count). The number of ether oxygens (including phenoxy) is 2. The van der Waals surface area contributed by atoms with Crippen molar-refractivity contribution < 1.29 is 14.3 Å². The molecule has 2 aliphatic heterocycles. The first kappa shape index (κ1) is 18.1. The molecule has 25 heavy (non-hydrogen) atoms. The lowest BCUT2D eigenvalue weighted by Crippen LogP contribution is -2.50. The van der Waals surface area contributed by atoms with E-state index in [9.17, 15) is 4.79 Å². The van der Waals surface area contributed by atoms with Gasteiger partial charge in [0.15, 0.2) is 0 Å². The molecule has 0 N–H and O–H groups in total. The Morgan fingerprint density at radius 3 is 2.48 bits per heavy atom. The molecule has 0 bridgehead atoms. The van der Waals surface area contributed by atoms with E-state index in [1.54, 1.807) is 7.11 Å². The number of carbonyl (C=O) groups is 1. The summed E-state index contributed by atoms with van der Waals surface area (Å²) in [6, 6.07) is 8.52.